The second kappa shape index (κ2) is 5.53. The summed E-state index contributed by atoms with van der Waals surface area (Å²) in [4.78, 5) is 22.9. The molecule has 0 radical (unpaired) electrons. The van der Waals surface area contributed by atoms with Crippen LogP contribution in [0.15, 0.2) is 41.2 Å². The molecule has 0 bridgehead atoms. The standard InChI is InChI=1S/C17H18N2O4/c1-10-14(8-15(20)19-18-10)23-11(2)17(9-13(17)16(21)22)12-6-4-3-5-7-12/h3-8,11,13H,9H2,1-2H3,(H,19,20)(H,21,22)/t11?,13-,17+/m0/s1. The van der Waals surface area contributed by atoms with Gasteiger partial charge < -0.3 is 9.84 Å². The van der Waals surface area contributed by atoms with E-state index in [4.69, 9.17) is 4.74 Å². The van der Waals surface area contributed by atoms with E-state index in [-0.39, 0.29) is 5.56 Å². The minimum absolute atomic E-state index is 0.350. The summed E-state index contributed by atoms with van der Waals surface area (Å²) in [5, 5.41) is 15.7. The Hall–Kier alpha value is -2.63. The smallest absolute Gasteiger partial charge is 0.307 e. The lowest BCUT2D eigenvalue weighted by Crippen LogP contribution is -2.33. The largest absolute Gasteiger partial charge is 0.488 e. The van der Waals surface area contributed by atoms with Gasteiger partial charge in [0.05, 0.1) is 11.6 Å². The average molecular weight is 314 g/mol. The highest BCUT2D eigenvalue weighted by atomic mass is 16.5. The monoisotopic (exact) mass is 314 g/mol. The summed E-state index contributed by atoms with van der Waals surface area (Å²) in [6, 6.07) is 10.9. The molecule has 0 amide bonds. The average Bonchev–Trinajstić information content (AvgIpc) is 3.29. The van der Waals surface area contributed by atoms with Gasteiger partial charge in [0.1, 0.15) is 11.9 Å². The van der Waals surface area contributed by atoms with Crippen LogP contribution in [0.1, 0.15) is 24.6 Å². The first kappa shape index (κ1) is 15.3. The number of nitrogens with zero attached hydrogens (tertiary/aromatic N) is 1. The number of aromatic nitrogens is 2. The molecular weight excluding hydrogens is 296 g/mol. The number of hydrogen-bond acceptors (Lipinski definition) is 4. The van der Waals surface area contributed by atoms with E-state index < -0.39 is 23.4 Å². The lowest BCUT2D eigenvalue weighted by Gasteiger charge is -2.26. The molecule has 1 unspecified atom stereocenters. The van der Waals surface area contributed by atoms with Crippen LogP contribution in [0, 0.1) is 12.8 Å². The number of carbonyl (C=O) groups is 1. The van der Waals surface area contributed by atoms with Gasteiger partial charge in [-0.05, 0) is 25.8 Å². The van der Waals surface area contributed by atoms with E-state index >= 15 is 0 Å². The van der Waals surface area contributed by atoms with Gasteiger partial charge in [-0.25, -0.2) is 5.10 Å². The number of rotatable bonds is 5. The molecule has 1 aromatic heterocycles. The van der Waals surface area contributed by atoms with Crippen LogP contribution in [0.25, 0.3) is 0 Å². The number of carboxylic acid groups (broad SMARTS) is 1. The van der Waals surface area contributed by atoms with E-state index in [9.17, 15) is 14.7 Å². The predicted octanol–water partition coefficient (Wildman–Crippen LogP) is 1.89. The number of benzene rings is 1. The van der Waals surface area contributed by atoms with Gasteiger partial charge in [0.25, 0.3) is 5.56 Å². The summed E-state index contributed by atoms with van der Waals surface area (Å²) < 4.78 is 5.94. The lowest BCUT2D eigenvalue weighted by atomic mass is 9.88. The van der Waals surface area contributed by atoms with Crippen molar-refractivity contribution in [3.05, 3.63) is 58.0 Å². The second-order valence-corrected chi connectivity index (χ2v) is 5.94. The first-order valence-electron chi connectivity index (χ1n) is 7.46. The van der Waals surface area contributed by atoms with E-state index in [1.54, 1.807) is 6.92 Å². The van der Waals surface area contributed by atoms with E-state index in [1.165, 1.54) is 6.07 Å². The Morgan fingerprint density at radius 1 is 1.43 bits per heavy atom. The van der Waals surface area contributed by atoms with Crippen LogP contribution in [-0.4, -0.2) is 27.4 Å². The van der Waals surface area contributed by atoms with Crippen molar-refractivity contribution in [3.8, 4) is 5.75 Å². The van der Waals surface area contributed by atoms with Crippen LogP contribution in [0.3, 0.4) is 0 Å². The maximum atomic E-state index is 11.5. The third-order valence-corrected chi connectivity index (χ3v) is 4.59. The van der Waals surface area contributed by atoms with Gasteiger partial charge in [-0.3, -0.25) is 9.59 Å². The summed E-state index contributed by atoms with van der Waals surface area (Å²) in [5.74, 6) is -0.937. The van der Waals surface area contributed by atoms with Crippen molar-refractivity contribution in [2.45, 2.75) is 31.8 Å². The van der Waals surface area contributed by atoms with Crippen molar-refractivity contribution in [2.24, 2.45) is 5.92 Å². The highest BCUT2D eigenvalue weighted by Crippen LogP contribution is 2.57. The normalized spacial score (nSPS) is 24.0. The summed E-state index contributed by atoms with van der Waals surface area (Å²) in [6.45, 7) is 3.57. The molecule has 1 heterocycles. The number of aromatic amines is 1. The number of nitrogens with one attached hydrogen (secondary N) is 1. The number of aryl methyl sites for hydroxylation is 1. The Labute approximate surface area is 133 Å². The maximum absolute atomic E-state index is 11.5. The SMILES string of the molecule is Cc1n[nH]c(=O)cc1OC(C)[C@@]1(c2ccccc2)C[C@H]1C(=O)O. The van der Waals surface area contributed by atoms with E-state index in [0.717, 1.165) is 5.56 Å². The van der Waals surface area contributed by atoms with Gasteiger partial charge in [0.2, 0.25) is 0 Å². The van der Waals surface area contributed by atoms with Gasteiger partial charge >= 0.3 is 5.97 Å². The number of ether oxygens (including phenoxy) is 1. The van der Waals surface area contributed by atoms with Crippen molar-refractivity contribution in [1.29, 1.82) is 0 Å². The van der Waals surface area contributed by atoms with Crippen molar-refractivity contribution in [1.82, 2.24) is 10.2 Å². The molecule has 0 spiro atoms. The summed E-state index contributed by atoms with van der Waals surface area (Å²) in [7, 11) is 0. The van der Waals surface area contributed by atoms with E-state index in [2.05, 4.69) is 10.2 Å². The molecule has 2 N–H and O–H groups in total. The topological polar surface area (TPSA) is 92.3 Å². The quantitative estimate of drug-likeness (QED) is 0.879. The van der Waals surface area contributed by atoms with Crippen molar-refractivity contribution >= 4 is 5.97 Å². The maximum Gasteiger partial charge on any atom is 0.307 e. The number of carboxylic acids is 1. The van der Waals surface area contributed by atoms with Crippen molar-refractivity contribution in [3.63, 3.8) is 0 Å². The minimum atomic E-state index is -0.829. The van der Waals surface area contributed by atoms with Gasteiger partial charge in [-0.15, -0.1) is 0 Å². The summed E-state index contributed by atoms with van der Waals surface area (Å²) in [6.07, 6.45) is 0.122. The zero-order valence-corrected chi connectivity index (χ0v) is 12.9. The van der Waals surface area contributed by atoms with E-state index in [0.29, 0.717) is 17.9 Å². The Morgan fingerprint density at radius 3 is 2.74 bits per heavy atom. The molecule has 3 rings (SSSR count). The molecule has 6 heteroatoms. The minimum Gasteiger partial charge on any atom is -0.488 e. The first-order chi connectivity index (χ1) is 10.9. The Kier molecular flexibility index (Phi) is 3.67. The number of aliphatic carboxylic acids is 1. The molecule has 1 aromatic carbocycles. The number of hydrogen-bond donors (Lipinski definition) is 2. The molecule has 120 valence electrons. The predicted molar refractivity (Wildman–Crippen MR) is 83.5 cm³/mol. The molecular formula is C17H18N2O4. The zero-order valence-electron chi connectivity index (χ0n) is 12.9. The molecule has 1 aliphatic carbocycles. The van der Waals surface area contributed by atoms with E-state index in [1.807, 2.05) is 37.3 Å². The van der Waals surface area contributed by atoms with Crippen LogP contribution in [0.2, 0.25) is 0 Å². The summed E-state index contributed by atoms with van der Waals surface area (Å²) in [5.41, 5.74) is 0.571. The summed E-state index contributed by atoms with van der Waals surface area (Å²) >= 11 is 0. The van der Waals surface area contributed by atoms with Gasteiger partial charge in [0.15, 0.2) is 0 Å². The first-order valence-corrected chi connectivity index (χ1v) is 7.46. The molecule has 1 saturated carbocycles. The third-order valence-electron chi connectivity index (χ3n) is 4.59. The molecule has 6 nitrogen and oxygen atoms in total. The van der Waals surface area contributed by atoms with Crippen LogP contribution < -0.4 is 10.3 Å². The molecule has 3 atom stereocenters. The fourth-order valence-corrected chi connectivity index (χ4v) is 3.20. The number of H-pyrrole nitrogens is 1. The third kappa shape index (κ3) is 2.60. The Bertz CT molecular complexity index is 787. The molecule has 0 saturated heterocycles. The fourth-order valence-electron chi connectivity index (χ4n) is 3.20. The Balaban J connectivity index is 1.94. The van der Waals surface area contributed by atoms with Crippen molar-refractivity contribution < 1.29 is 14.6 Å². The molecule has 2 aromatic rings. The molecule has 1 aliphatic rings. The van der Waals surface area contributed by atoms with Crippen molar-refractivity contribution in [2.75, 3.05) is 0 Å². The zero-order chi connectivity index (χ0) is 16.6. The second-order valence-electron chi connectivity index (χ2n) is 5.94. The fraction of sp³-hybridized carbons (Fsp3) is 0.353. The van der Waals surface area contributed by atoms with Crippen LogP contribution in [0.5, 0.6) is 5.75 Å². The Morgan fingerprint density at radius 2 is 2.13 bits per heavy atom. The molecule has 23 heavy (non-hydrogen) atoms. The van der Waals surface area contributed by atoms with Crippen LogP contribution in [0.4, 0.5) is 0 Å². The van der Waals surface area contributed by atoms with Gasteiger partial charge in [-0.2, -0.15) is 5.10 Å². The van der Waals surface area contributed by atoms with Gasteiger partial charge in [0, 0.05) is 11.5 Å². The van der Waals surface area contributed by atoms with Crippen LogP contribution in [-0.2, 0) is 10.2 Å². The highest BCUT2D eigenvalue weighted by molar-refractivity contribution is 5.77. The van der Waals surface area contributed by atoms with Gasteiger partial charge in [-0.1, -0.05) is 30.3 Å². The lowest BCUT2D eigenvalue weighted by molar-refractivity contribution is -0.139. The molecule has 1 fully saturated rings. The van der Waals surface area contributed by atoms with Crippen LogP contribution >= 0.6 is 0 Å². The molecule has 0 aliphatic heterocycles. The highest BCUT2D eigenvalue weighted by Gasteiger charge is 2.63.